The van der Waals surface area contributed by atoms with Gasteiger partial charge in [0.15, 0.2) is 5.82 Å². The highest BCUT2D eigenvalue weighted by Gasteiger charge is 2.22. The van der Waals surface area contributed by atoms with Gasteiger partial charge in [-0.15, -0.1) is 0 Å². The highest BCUT2D eigenvalue weighted by Crippen LogP contribution is 2.38. The van der Waals surface area contributed by atoms with Gasteiger partial charge in [-0.05, 0) is 44.2 Å². The lowest BCUT2D eigenvalue weighted by atomic mass is 10.1. The van der Waals surface area contributed by atoms with Gasteiger partial charge in [0.2, 0.25) is 0 Å². The minimum atomic E-state index is -0.478. The highest BCUT2D eigenvalue weighted by molar-refractivity contribution is 7.21. The number of fused-ring (bicyclic) bond motifs is 2. The van der Waals surface area contributed by atoms with Crippen molar-refractivity contribution in [2.45, 2.75) is 12.8 Å². The number of hydrogen-bond donors (Lipinski definition) is 2. The third-order valence-electron chi connectivity index (χ3n) is 5.30. The summed E-state index contributed by atoms with van der Waals surface area (Å²) in [7, 11) is 4.80. The quantitative estimate of drug-likeness (QED) is 0.485. The fourth-order valence-electron chi connectivity index (χ4n) is 3.93. The summed E-state index contributed by atoms with van der Waals surface area (Å²) < 4.78 is 22.2. The number of aryl methyl sites for hydroxylation is 1. The van der Waals surface area contributed by atoms with E-state index in [0.29, 0.717) is 27.3 Å². The summed E-state index contributed by atoms with van der Waals surface area (Å²) in [5.74, 6) is -0.822. The van der Waals surface area contributed by atoms with Crippen LogP contribution < -0.4 is 20.7 Å². The number of amides is 1. The fraction of sp³-hybridized carbons (Fsp3) is 0.318. The molecule has 3 N–H and O–H groups in total. The summed E-state index contributed by atoms with van der Waals surface area (Å²) >= 11 is 1.43. The average molecular weight is 457 g/mol. The largest absolute Gasteiger partial charge is 0.473 e. The van der Waals surface area contributed by atoms with E-state index in [4.69, 9.17) is 4.74 Å². The molecule has 8 nitrogen and oxygen atoms in total. The number of carbonyl (C=O) groups is 1. The van der Waals surface area contributed by atoms with Crippen LogP contribution in [0.1, 0.15) is 23.2 Å². The van der Waals surface area contributed by atoms with Gasteiger partial charge in [0.05, 0.1) is 23.1 Å². The van der Waals surface area contributed by atoms with Crippen molar-refractivity contribution in [1.29, 1.82) is 0 Å². The fourth-order valence-corrected chi connectivity index (χ4v) is 4.88. The molecular weight excluding hydrogens is 431 g/mol. The van der Waals surface area contributed by atoms with Crippen LogP contribution >= 0.6 is 11.3 Å². The molecule has 0 aliphatic carbocycles. The van der Waals surface area contributed by atoms with Crippen LogP contribution in [0.5, 0.6) is 5.19 Å². The zero-order valence-electron chi connectivity index (χ0n) is 18.2. The Balaban J connectivity index is 0.00000119. The number of thiazole rings is 1. The van der Waals surface area contributed by atoms with Gasteiger partial charge in [-0.3, -0.25) is 9.48 Å². The van der Waals surface area contributed by atoms with E-state index in [1.54, 1.807) is 37.2 Å². The molecule has 0 radical (unpaired) electrons. The maximum absolute atomic E-state index is 14.4. The van der Waals surface area contributed by atoms with Crippen LogP contribution in [-0.4, -0.2) is 47.9 Å². The van der Waals surface area contributed by atoms with E-state index < -0.39 is 5.82 Å². The molecule has 5 rings (SSSR count). The molecule has 32 heavy (non-hydrogen) atoms. The summed E-state index contributed by atoms with van der Waals surface area (Å²) in [5.41, 5.74) is 7.25. The van der Waals surface area contributed by atoms with E-state index in [-0.39, 0.29) is 11.4 Å². The molecule has 0 saturated carbocycles. The number of aromatic nitrogens is 3. The van der Waals surface area contributed by atoms with Crippen molar-refractivity contribution >= 4 is 49.7 Å². The Hall–Kier alpha value is -3.24. The summed E-state index contributed by atoms with van der Waals surface area (Å²) in [6, 6.07) is 6.74. The van der Waals surface area contributed by atoms with E-state index >= 15 is 0 Å². The van der Waals surface area contributed by atoms with E-state index in [1.165, 1.54) is 24.5 Å². The van der Waals surface area contributed by atoms with Gasteiger partial charge < -0.3 is 20.7 Å². The van der Waals surface area contributed by atoms with E-state index in [2.05, 4.69) is 26.0 Å². The summed E-state index contributed by atoms with van der Waals surface area (Å²) in [5, 5.41) is 8.03. The molecule has 1 aliphatic rings. The summed E-state index contributed by atoms with van der Waals surface area (Å²) in [6.45, 7) is 1.98. The van der Waals surface area contributed by atoms with Gasteiger partial charge in [0.1, 0.15) is 11.0 Å². The standard InChI is InChI=1S/C21H20FN5O2S.CH5N/c1-26-11-12-9-13(10-15(22)17(12)25-26)23-20(28)14-5-6-16(27-7-3-4-8-27)19-18(14)24-21(29-2)30-19;1-2/h5-6,9-11H,3-4,7-8H2,1-2H3,(H,23,28);2H2,1H3. The third-order valence-corrected chi connectivity index (χ3v) is 6.34. The number of methoxy groups -OCH3 is 1. The zero-order chi connectivity index (χ0) is 22.8. The lowest BCUT2D eigenvalue weighted by molar-refractivity contribution is 0.102. The van der Waals surface area contributed by atoms with Crippen molar-refractivity contribution in [2.75, 3.05) is 37.5 Å². The Morgan fingerprint density at radius 1 is 1.22 bits per heavy atom. The number of hydrogen-bond acceptors (Lipinski definition) is 7. The predicted octanol–water partition coefficient (Wildman–Crippen LogP) is 3.76. The van der Waals surface area contributed by atoms with Gasteiger partial charge >= 0.3 is 0 Å². The molecule has 3 heterocycles. The monoisotopic (exact) mass is 456 g/mol. The molecule has 1 saturated heterocycles. The van der Waals surface area contributed by atoms with Crippen LogP contribution in [0, 0.1) is 5.82 Å². The predicted molar refractivity (Wildman–Crippen MR) is 126 cm³/mol. The Morgan fingerprint density at radius 2 is 1.97 bits per heavy atom. The molecule has 4 aromatic rings. The molecule has 2 aromatic carbocycles. The molecular formula is C22H25FN6O2S. The van der Waals surface area contributed by atoms with Crippen molar-refractivity contribution in [1.82, 2.24) is 14.8 Å². The zero-order valence-corrected chi connectivity index (χ0v) is 19.0. The first-order chi connectivity index (χ1) is 15.5. The number of carbonyl (C=O) groups excluding carboxylic acids is 1. The topological polar surface area (TPSA) is 98.3 Å². The molecule has 0 spiro atoms. The molecule has 168 valence electrons. The average Bonchev–Trinajstić information content (AvgIpc) is 3.53. The van der Waals surface area contributed by atoms with E-state index in [0.717, 1.165) is 36.3 Å². The smallest absolute Gasteiger partial charge is 0.274 e. The van der Waals surface area contributed by atoms with Crippen LogP contribution in [0.4, 0.5) is 15.8 Å². The Labute approximate surface area is 188 Å². The summed E-state index contributed by atoms with van der Waals surface area (Å²) in [6.07, 6.45) is 4.02. The Bertz CT molecular complexity index is 1280. The molecule has 1 amide bonds. The molecule has 2 aromatic heterocycles. The van der Waals surface area contributed by atoms with Gasteiger partial charge in [-0.1, -0.05) is 11.3 Å². The van der Waals surface area contributed by atoms with Gasteiger partial charge in [-0.25, -0.2) is 9.37 Å². The maximum Gasteiger partial charge on any atom is 0.274 e. The Morgan fingerprint density at radius 3 is 2.69 bits per heavy atom. The van der Waals surface area contributed by atoms with Crippen LogP contribution in [0.25, 0.3) is 21.1 Å². The molecule has 1 fully saturated rings. The first-order valence-corrected chi connectivity index (χ1v) is 11.1. The number of nitrogens with zero attached hydrogens (tertiary/aromatic N) is 4. The number of benzene rings is 2. The number of ether oxygens (including phenoxy) is 1. The van der Waals surface area contributed by atoms with Gasteiger partial charge in [0.25, 0.3) is 11.1 Å². The number of nitrogens with two attached hydrogens (primary N) is 1. The van der Waals surface area contributed by atoms with Crippen molar-refractivity contribution in [2.24, 2.45) is 12.8 Å². The SMILES string of the molecule is CN.COc1nc2c(C(=O)Nc3cc(F)c4nn(C)cc4c3)ccc(N3CCCC3)c2s1. The van der Waals surface area contributed by atoms with Crippen molar-refractivity contribution in [3.05, 3.63) is 41.8 Å². The minimum absolute atomic E-state index is 0.275. The lowest BCUT2D eigenvalue weighted by Gasteiger charge is -2.18. The number of halogens is 1. The van der Waals surface area contributed by atoms with E-state index in [9.17, 15) is 9.18 Å². The number of anilines is 2. The minimum Gasteiger partial charge on any atom is -0.473 e. The van der Waals surface area contributed by atoms with E-state index in [1.807, 2.05) is 6.07 Å². The summed E-state index contributed by atoms with van der Waals surface area (Å²) in [4.78, 5) is 19.9. The first kappa shape index (κ1) is 22.0. The van der Waals surface area contributed by atoms with Crippen LogP contribution in [0.3, 0.4) is 0 Å². The van der Waals surface area contributed by atoms with Gasteiger partial charge in [0, 0.05) is 37.4 Å². The second-order valence-corrected chi connectivity index (χ2v) is 8.30. The highest BCUT2D eigenvalue weighted by atomic mass is 32.1. The maximum atomic E-state index is 14.4. The number of nitrogens with one attached hydrogen (secondary N) is 1. The van der Waals surface area contributed by atoms with Crippen molar-refractivity contribution < 1.29 is 13.9 Å². The second kappa shape index (κ2) is 9.09. The molecule has 0 unspecified atom stereocenters. The second-order valence-electron chi connectivity index (χ2n) is 7.34. The number of rotatable bonds is 4. The molecule has 0 bridgehead atoms. The molecule has 10 heteroatoms. The molecule has 1 aliphatic heterocycles. The van der Waals surface area contributed by atoms with Crippen LogP contribution in [-0.2, 0) is 7.05 Å². The van der Waals surface area contributed by atoms with Crippen LogP contribution in [0.15, 0.2) is 30.5 Å². The normalized spacial score (nSPS) is 13.3. The van der Waals surface area contributed by atoms with Crippen molar-refractivity contribution in [3.63, 3.8) is 0 Å². The molecule has 0 atom stereocenters. The lowest BCUT2D eigenvalue weighted by Crippen LogP contribution is -2.18. The Kier molecular flexibility index (Phi) is 6.24. The third kappa shape index (κ3) is 3.98. The van der Waals surface area contributed by atoms with Crippen molar-refractivity contribution in [3.8, 4) is 5.19 Å². The van der Waals surface area contributed by atoms with Crippen LogP contribution in [0.2, 0.25) is 0 Å². The first-order valence-electron chi connectivity index (χ1n) is 10.3. The van der Waals surface area contributed by atoms with Gasteiger partial charge in [-0.2, -0.15) is 5.10 Å².